The lowest BCUT2D eigenvalue weighted by Gasteiger charge is -2.13. The Morgan fingerprint density at radius 3 is 2.30 bits per heavy atom. The van der Waals surface area contributed by atoms with Crippen molar-refractivity contribution in [1.29, 1.82) is 0 Å². The van der Waals surface area contributed by atoms with Crippen molar-refractivity contribution in [3.8, 4) is 5.75 Å². The summed E-state index contributed by atoms with van der Waals surface area (Å²) in [6.07, 6.45) is 0. The number of benzene rings is 2. The van der Waals surface area contributed by atoms with E-state index >= 15 is 0 Å². The van der Waals surface area contributed by atoms with Crippen LogP contribution in [0.25, 0.3) is 0 Å². The molecule has 0 heterocycles. The number of methoxy groups -OCH3 is 1. The molecule has 5 nitrogen and oxygen atoms in total. The lowest BCUT2D eigenvalue weighted by Crippen LogP contribution is -2.15. The van der Waals surface area contributed by atoms with Crippen molar-refractivity contribution in [2.24, 2.45) is 0 Å². The fourth-order valence-electron chi connectivity index (χ4n) is 1.99. The van der Waals surface area contributed by atoms with Crippen molar-refractivity contribution < 1.29 is 19.1 Å². The second-order valence-electron chi connectivity index (χ2n) is 5.17. The molecule has 0 spiro atoms. The molecular weight excluding hydrogens is 294 g/mol. The first-order chi connectivity index (χ1) is 11.0. The number of rotatable bonds is 6. The monoisotopic (exact) mass is 313 g/mol. The molecule has 0 aromatic heterocycles. The van der Waals surface area contributed by atoms with Gasteiger partial charge in [0.1, 0.15) is 5.75 Å². The van der Waals surface area contributed by atoms with Crippen molar-refractivity contribution in [1.82, 2.24) is 0 Å². The maximum Gasteiger partial charge on any atom is 0.338 e. The molecule has 0 saturated heterocycles. The predicted octanol–water partition coefficient (Wildman–Crippen LogP) is 2.80. The molecule has 0 aliphatic rings. The Morgan fingerprint density at radius 1 is 1.00 bits per heavy atom. The Kier molecular flexibility index (Phi) is 5.36. The largest absolute Gasteiger partial charge is 0.497 e. The predicted molar refractivity (Wildman–Crippen MR) is 88.4 cm³/mol. The van der Waals surface area contributed by atoms with E-state index in [-0.39, 0.29) is 12.4 Å². The quantitative estimate of drug-likeness (QED) is 0.606. The average Bonchev–Trinajstić information content (AvgIpc) is 2.59. The number of ketones is 1. The van der Waals surface area contributed by atoms with Crippen molar-refractivity contribution in [3.05, 3.63) is 59.7 Å². The van der Waals surface area contributed by atoms with Crippen LogP contribution < -0.4 is 9.64 Å². The molecule has 0 saturated carbocycles. The molecule has 0 amide bonds. The topological polar surface area (TPSA) is 55.8 Å². The van der Waals surface area contributed by atoms with Crippen molar-refractivity contribution >= 4 is 17.4 Å². The third-order valence-electron chi connectivity index (χ3n) is 3.34. The average molecular weight is 313 g/mol. The zero-order chi connectivity index (χ0) is 16.8. The molecule has 5 heteroatoms. The second kappa shape index (κ2) is 7.45. The van der Waals surface area contributed by atoms with Gasteiger partial charge in [0.25, 0.3) is 0 Å². The van der Waals surface area contributed by atoms with Crippen molar-refractivity contribution in [3.63, 3.8) is 0 Å². The van der Waals surface area contributed by atoms with Gasteiger partial charge in [-0.15, -0.1) is 0 Å². The van der Waals surface area contributed by atoms with E-state index in [9.17, 15) is 9.59 Å². The highest BCUT2D eigenvalue weighted by molar-refractivity contribution is 5.99. The zero-order valence-electron chi connectivity index (χ0n) is 13.4. The minimum absolute atomic E-state index is 0.259. The Morgan fingerprint density at radius 2 is 1.70 bits per heavy atom. The fraction of sp³-hybridized carbons (Fsp3) is 0.222. The maximum absolute atomic E-state index is 12.0. The highest BCUT2D eigenvalue weighted by atomic mass is 16.5. The van der Waals surface area contributed by atoms with Gasteiger partial charge in [0.15, 0.2) is 12.4 Å². The SMILES string of the molecule is COc1ccc(C(=O)COC(=O)c2cccc(N(C)C)c2)cc1. The minimum Gasteiger partial charge on any atom is -0.497 e. The lowest BCUT2D eigenvalue weighted by atomic mass is 10.1. The standard InChI is InChI=1S/C18H19NO4/c1-19(2)15-6-4-5-14(11-15)18(21)23-12-17(20)13-7-9-16(22-3)10-8-13/h4-11H,12H2,1-3H3. The lowest BCUT2D eigenvalue weighted by molar-refractivity contribution is 0.0475. The molecule has 0 radical (unpaired) electrons. The summed E-state index contributed by atoms with van der Waals surface area (Å²) in [5.41, 5.74) is 1.78. The van der Waals surface area contributed by atoms with Crippen LogP contribution in [0.1, 0.15) is 20.7 Å². The number of carbonyl (C=O) groups is 2. The van der Waals surface area contributed by atoms with Crippen LogP contribution in [0.2, 0.25) is 0 Å². The molecule has 0 fully saturated rings. The summed E-state index contributed by atoms with van der Waals surface area (Å²) in [6, 6.07) is 13.7. The molecule has 0 unspecified atom stereocenters. The van der Waals surface area contributed by atoms with E-state index in [1.54, 1.807) is 49.6 Å². The highest BCUT2D eigenvalue weighted by Crippen LogP contribution is 2.15. The molecule has 2 aromatic carbocycles. The molecule has 2 aromatic rings. The first-order valence-electron chi connectivity index (χ1n) is 7.13. The molecule has 0 aliphatic heterocycles. The molecule has 0 atom stereocenters. The Hall–Kier alpha value is -2.82. The molecule has 23 heavy (non-hydrogen) atoms. The summed E-state index contributed by atoms with van der Waals surface area (Å²) in [4.78, 5) is 26.0. The highest BCUT2D eigenvalue weighted by Gasteiger charge is 2.12. The normalized spacial score (nSPS) is 10.0. The molecule has 2 rings (SSSR count). The number of esters is 1. The number of ether oxygens (including phenoxy) is 2. The van der Waals surface area contributed by atoms with E-state index < -0.39 is 5.97 Å². The van der Waals surface area contributed by atoms with Crippen LogP contribution in [0.4, 0.5) is 5.69 Å². The van der Waals surface area contributed by atoms with Gasteiger partial charge in [-0.1, -0.05) is 6.07 Å². The molecular formula is C18H19NO4. The smallest absolute Gasteiger partial charge is 0.338 e. The van der Waals surface area contributed by atoms with Gasteiger partial charge in [-0.2, -0.15) is 0 Å². The van der Waals surface area contributed by atoms with Gasteiger partial charge >= 0.3 is 5.97 Å². The number of hydrogen-bond donors (Lipinski definition) is 0. The fourth-order valence-corrected chi connectivity index (χ4v) is 1.99. The van der Waals surface area contributed by atoms with Gasteiger partial charge in [0.05, 0.1) is 12.7 Å². The number of hydrogen-bond acceptors (Lipinski definition) is 5. The van der Waals surface area contributed by atoms with Gasteiger partial charge < -0.3 is 14.4 Å². The van der Waals surface area contributed by atoms with Gasteiger partial charge in [0.2, 0.25) is 0 Å². The Labute approximate surface area is 135 Å². The van der Waals surface area contributed by atoms with Gasteiger partial charge in [-0.3, -0.25) is 4.79 Å². The first-order valence-corrected chi connectivity index (χ1v) is 7.13. The van der Waals surface area contributed by atoms with Crippen molar-refractivity contribution in [2.45, 2.75) is 0 Å². The summed E-state index contributed by atoms with van der Waals surface area (Å²) in [6.45, 7) is -0.294. The second-order valence-corrected chi connectivity index (χ2v) is 5.17. The number of carbonyl (C=O) groups excluding carboxylic acids is 2. The van der Waals surface area contributed by atoms with Crippen LogP contribution in [0.5, 0.6) is 5.75 Å². The Bertz CT molecular complexity index is 692. The van der Waals surface area contributed by atoms with E-state index in [0.29, 0.717) is 16.9 Å². The van der Waals surface area contributed by atoms with E-state index in [0.717, 1.165) is 5.69 Å². The van der Waals surface area contributed by atoms with Crippen LogP contribution >= 0.6 is 0 Å². The van der Waals surface area contributed by atoms with Gasteiger partial charge in [-0.05, 0) is 42.5 Å². The summed E-state index contributed by atoms with van der Waals surface area (Å²) in [7, 11) is 5.33. The molecule has 0 bridgehead atoms. The maximum atomic E-state index is 12.0. The van der Waals surface area contributed by atoms with Crippen LogP contribution in [-0.4, -0.2) is 39.6 Å². The van der Waals surface area contributed by atoms with Gasteiger partial charge in [0, 0.05) is 25.3 Å². The Balaban J connectivity index is 1.98. The van der Waals surface area contributed by atoms with Crippen LogP contribution in [-0.2, 0) is 4.74 Å². The van der Waals surface area contributed by atoms with E-state index in [4.69, 9.17) is 9.47 Å². The van der Waals surface area contributed by atoms with Crippen LogP contribution in [0, 0.1) is 0 Å². The van der Waals surface area contributed by atoms with E-state index in [1.165, 1.54) is 0 Å². The van der Waals surface area contributed by atoms with Gasteiger partial charge in [-0.25, -0.2) is 4.79 Å². The van der Waals surface area contributed by atoms with E-state index in [1.807, 2.05) is 25.1 Å². The number of Topliss-reactive ketones (excluding diaryl/α,β-unsaturated/α-hetero) is 1. The molecule has 0 aliphatic carbocycles. The summed E-state index contributed by atoms with van der Waals surface area (Å²) in [5, 5.41) is 0. The van der Waals surface area contributed by atoms with Crippen LogP contribution in [0.15, 0.2) is 48.5 Å². The summed E-state index contributed by atoms with van der Waals surface area (Å²) >= 11 is 0. The number of anilines is 1. The summed E-state index contributed by atoms with van der Waals surface area (Å²) < 4.78 is 10.1. The zero-order valence-corrected chi connectivity index (χ0v) is 13.4. The third kappa shape index (κ3) is 4.32. The molecule has 0 N–H and O–H groups in total. The summed E-state index contributed by atoms with van der Waals surface area (Å²) in [5.74, 6) is -0.112. The molecule has 120 valence electrons. The minimum atomic E-state index is -0.518. The first kappa shape index (κ1) is 16.5. The third-order valence-corrected chi connectivity index (χ3v) is 3.34. The van der Waals surface area contributed by atoms with Crippen LogP contribution in [0.3, 0.4) is 0 Å². The number of nitrogens with zero attached hydrogens (tertiary/aromatic N) is 1. The van der Waals surface area contributed by atoms with E-state index in [2.05, 4.69) is 0 Å². The van der Waals surface area contributed by atoms with Crippen molar-refractivity contribution in [2.75, 3.05) is 32.7 Å².